The molecule has 0 aliphatic heterocycles. The lowest BCUT2D eigenvalue weighted by atomic mass is 10.2. The molecule has 0 saturated carbocycles. The van der Waals surface area contributed by atoms with Gasteiger partial charge < -0.3 is 5.73 Å². The van der Waals surface area contributed by atoms with Crippen LogP contribution in [0.3, 0.4) is 0 Å². The zero-order chi connectivity index (χ0) is 9.14. The van der Waals surface area contributed by atoms with Gasteiger partial charge in [-0.3, -0.25) is 10.1 Å². The Morgan fingerprint density at radius 2 is 2.58 bits per heavy atom. The maximum atomic E-state index is 7.18. The summed E-state index contributed by atoms with van der Waals surface area (Å²) in [6, 6.07) is 0. The molecule has 0 radical (unpaired) electrons. The fourth-order valence-electron chi connectivity index (χ4n) is 0.817. The standard InChI is InChI=1S/C7H11BrN4/c1-5(7(9)10)3-12-4-6(8)2-11-12/h2,4-5H,3H2,1H3,(H3,9,10). The zero-order valence-corrected chi connectivity index (χ0v) is 8.37. The van der Waals surface area contributed by atoms with Crippen molar-refractivity contribution in [1.82, 2.24) is 9.78 Å². The van der Waals surface area contributed by atoms with Crippen LogP contribution in [-0.2, 0) is 6.54 Å². The molecule has 1 rings (SSSR count). The first-order valence-electron chi connectivity index (χ1n) is 3.61. The molecule has 4 nitrogen and oxygen atoms in total. The molecule has 0 aliphatic carbocycles. The zero-order valence-electron chi connectivity index (χ0n) is 6.79. The van der Waals surface area contributed by atoms with E-state index < -0.39 is 0 Å². The number of aromatic nitrogens is 2. The lowest BCUT2D eigenvalue weighted by Crippen LogP contribution is -2.24. The third-order valence-corrected chi connectivity index (χ3v) is 2.00. The Morgan fingerprint density at radius 1 is 1.92 bits per heavy atom. The van der Waals surface area contributed by atoms with Crippen LogP contribution in [0.4, 0.5) is 0 Å². The Bertz CT molecular complexity index is 281. The summed E-state index contributed by atoms with van der Waals surface area (Å²) >= 11 is 3.29. The molecule has 0 amide bonds. The molecule has 0 aliphatic rings. The minimum absolute atomic E-state index is 0.0387. The van der Waals surface area contributed by atoms with Crippen molar-refractivity contribution < 1.29 is 0 Å². The SMILES string of the molecule is CC(Cn1cc(Br)cn1)C(=N)N. The highest BCUT2D eigenvalue weighted by Gasteiger charge is 2.06. The van der Waals surface area contributed by atoms with Crippen molar-refractivity contribution in [2.24, 2.45) is 11.7 Å². The van der Waals surface area contributed by atoms with E-state index in [9.17, 15) is 0 Å². The molecule has 0 spiro atoms. The van der Waals surface area contributed by atoms with Gasteiger partial charge in [-0.1, -0.05) is 6.92 Å². The average Bonchev–Trinajstić information content (AvgIpc) is 2.35. The maximum absolute atomic E-state index is 7.18. The summed E-state index contributed by atoms with van der Waals surface area (Å²) in [5.41, 5.74) is 5.32. The molecule has 1 heterocycles. The van der Waals surface area contributed by atoms with Gasteiger partial charge in [-0.15, -0.1) is 0 Å². The number of hydrogen-bond acceptors (Lipinski definition) is 2. The predicted octanol–water partition coefficient (Wildman–Crippen LogP) is 1.22. The molecule has 1 aromatic rings. The van der Waals surface area contributed by atoms with Gasteiger partial charge in [0.1, 0.15) is 0 Å². The van der Waals surface area contributed by atoms with Crippen molar-refractivity contribution in [2.45, 2.75) is 13.5 Å². The second-order valence-corrected chi connectivity index (χ2v) is 3.65. The van der Waals surface area contributed by atoms with Gasteiger partial charge in [-0.05, 0) is 15.9 Å². The van der Waals surface area contributed by atoms with Crippen LogP contribution in [0.1, 0.15) is 6.92 Å². The van der Waals surface area contributed by atoms with Crippen LogP contribution in [0.15, 0.2) is 16.9 Å². The van der Waals surface area contributed by atoms with Crippen LogP contribution < -0.4 is 5.73 Å². The van der Waals surface area contributed by atoms with E-state index in [1.54, 1.807) is 10.9 Å². The number of hydrogen-bond donors (Lipinski definition) is 2. The molecule has 0 saturated heterocycles. The van der Waals surface area contributed by atoms with Gasteiger partial charge in [0.05, 0.1) is 23.0 Å². The van der Waals surface area contributed by atoms with Crippen LogP contribution in [0, 0.1) is 11.3 Å². The summed E-state index contributed by atoms with van der Waals surface area (Å²) in [4.78, 5) is 0. The van der Waals surface area contributed by atoms with E-state index in [0.29, 0.717) is 6.54 Å². The Hall–Kier alpha value is -0.840. The number of halogens is 1. The quantitative estimate of drug-likeness (QED) is 0.606. The molecule has 3 N–H and O–H groups in total. The first-order valence-corrected chi connectivity index (χ1v) is 4.40. The normalized spacial score (nSPS) is 12.8. The van der Waals surface area contributed by atoms with E-state index >= 15 is 0 Å². The van der Waals surface area contributed by atoms with Crippen molar-refractivity contribution in [1.29, 1.82) is 5.41 Å². The number of nitrogens with zero attached hydrogens (tertiary/aromatic N) is 2. The summed E-state index contributed by atoms with van der Waals surface area (Å²) in [5.74, 6) is 0.235. The van der Waals surface area contributed by atoms with Crippen molar-refractivity contribution in [3.63, 3.8) is 0 Å². The third-order valence-electron chi connectivity index (χ3n) is 1.59. The van der Waals surface area contributed by atoms with Crippen molar-refractivity contribution in [2.75, 3.05) is 0 Å². The lowest BCUT2D eigenvalue weighted by molar-refractivity contribution is 0.537. The van der Waals surface area contributed by atoms with Crippen LogP contribution in [0.2, 0.25) is 0 Å². The molecule has 5 heteroatoms. The second-order valence-electron chi connectivity index (χ2n) is 2.74. The molecular weight excluding hydrogens is 220 g/mol. The first-order chi connectivity index (χ1) is 5.59. The highest BCUT2D eigenvalue weighted by molar-refractivity contribution is 9.10. The summed E-state index contributed by atoms with van der Waals surface area (Å²) < 4.78 is 2.70. The lowest BCUT2D eigenvalue weighted by Gasteiger charge is -2.08. The molecule has 66 valence electrons. The Kier molecular flexibility index (Phi) is 2.86. The van der Waals surface area contributed by atoms with Gasteiger partial charge >= 0.3 is 0 Å². The highest BCUT2D eigenvalue weighted by Crippen LogP contribution is 2.07. The van der Waals surface area contributed by atoms with Crippen LogP contribution in [-0.4, -0.2) is 15.6 Å². The topological polar surface area (TPSA) is 67.7 Å². The predicted molar refractivity (Wildman–Crippen MR) is 51.0 cm³/mol. The van der Waals surface area contributed by atoms with E-state index in [1.807, 2.05) is 13.1 Å². The van der Waals surface area contributed by atoms with E-state index in [-0.39, 0.29) is 11.8 Å². The molecule has 1 aromatic heterocycles. The van der Waals surface area contributed by atoms with Gasteiger partial charge in [-0.25, -0.2) is 0 Å². The van der Waals surface area contributed by atoms with E-state index in [1.165, 1.54) is 0 Å². The van der Waals surface area contributed by atoms with Gasteiger partial charge in [0.25, 0.3) is 0 Å². The highest BCUT2D eigenvalue weighted by atomic mass is 79.9. The Balaban J connectivity index is 2.58. The first kappa shape index (κ1) is 9.25. The van der Waals surface area contributed by atoms with E-state index in [2.05, 4.69) is 21.0 Å². The van der Waals surface area contributed by atoms with E-state index in [4.69, 9.17) is 11.1 Å². The van der Waals surface area contributed by atoms with Crippen LogP contribution in [0.25, 0.3) is 0 Å². The van der Waals surface area contributed by atoms with Gasteiger partial charge in [0.2, 0.25) is 0 Å². The fraction of sp³-hybridized carbons (Fsp3) is 0.429. The smallest absolute Gasteiger partial charge is 0.0952 e. The minimum Gasteiger partial charge on any atom is -0.387 e. The second kappa shape index (κ2) is 3.71. The van der Waals surface area contributed by atoms with Crippen molar-refractivity contribution in [3.8, 4) is 0 Å². The molecule has 12 heavy (non-hydrogen) atoms. The van der Waals surface area contributed by atoms with Crippen LogP contribution in [0.5, 0.6) is 0 Å². The Morgan fingerprint density at radius 3 is 3.00 bits per heavy atom. The third kappa shape index (κ3) is 2.34. The largest absolute Gasteiger partial charge is 0.387 e. The fourth-order valence-corrected chi connectivity index (χ4v) is 1.15. The average molecular weight is 231 g/mol. The summed E-state index contributed by atoms with van der Waals surface area (Å²) in [6.07, 6.45) is 3.58. The summed E-state index contributed by atoms with van der Waals surface area (Å²) in [6.45, 7) is 2.55. The molecular formula is C7H11BrN4. The molecule has 1 unspecified atom stereocenters. The summed E-state index contributed by atoms with van der Waals surface area (Å²) in [7, 11) is 0. The van der Waals surface area contributed by atoms with Crippen LogP contribution >= 0.6 is 15.9 Å². The van der Waals surface area contributed by atoms with Gasteiger partial charge in [0.15, 0.2) is 0 Å². The number of nitrogens with one attached hydrogen (secondary N) is 1. The molecule has 0 fully saturated rings. The maximum Gasteiger partial charge on any atom is 0.0952 e. The van der Waals surface area contributed by atoms with Crippen molar-refractivity contribution >= 4 is 21.8 Å². The number of amidine groups is 1. The number of nitrogens with two attached hydrogens (primary N) is 1. The molecule has 0 aromatic carbocycles. The molecule has 1 atom stereocenters. The van der Waals surface area contributed by atoms with Gasteiger partial charge in [0, 0.05) is 12.1 Å². The molecule has 0 bridgehead atoms. The van der Waals surface area contributed by atoms with Crippen molar-refractivity contribution in [3.05, 3.63) is 16.9 Å². The van der Waals surface area contributed by atoms with Gasteiger partial charge in [-0.2, -0.15) is 5.10 Å². The minimum atomic E-state index is 0.0387. The van der Waals surface area contributed by atoms with E-state index in [0.717, 1.165) is 4.47 Å². The summed E-state index contributed by atoms with van der Waals surface area (Å²) in [5, 5.41) is 11.2. The number of rotatable bonds is 3. The Labute approximate surface area is 79.4 Å². The monoisotopic (exact) mass is 230 g/mol.